The standard InChI is InChI=1S/C18H14ClNO3S/c19-14-8-13(15-11-24-17(20-15)9-18(21)22)6-7-16(14)23-10-12-4-2-1-3-5-12/h1-8,11H,9-10H2,(H,21,22). The SMILES string of the molecule is O=C(O)Cc1nc(-c2ccc(OCc3ccccc3)c(Cl)c2)cs1. The van der Waals surface area contributed by atoms with E-state index in [1.807, 2.05) is 41.8 Å². The van der Waals surface area contributed by atoms with Crippen LogP contribution in [-0.4, -0.2) is 16.1 Å². The largest absolute Gasteiger partial charge is 0.487 e. The van der Waals surface area contributed by atoms with Crippen molar-refractivity contribution in [2.75, 3.05) is 0 Å². The Morgan fingerprint density at radius 1 is 1.21 bits per heavy atom. The number of hydrogen-bond acceptors (Lipinski definition) is 4. The summed E-state index contributed by atoms with van der Waals surface area (Å²) in [4.78, 5) is 15.1. The fourth-order valence-corrected chi connectivity index (χ4v) is 3.20. The van der Waals surface area contributed by atoms with Crippen molar-refractivity contribution in [1.29, 1.82) is 0 Å². The second-order valence-corrected chi connectivity index (χ2v) is 6.47. The molecule has 0 spiro atoms. The molecule has 3 rings (SSSR count). The molecular formula is C18H14ClNO3S. The van der Waals surface area contributed by atoms with Crippen LogP contribution in [0.2, 0.25) is 5.02 Å². The monoisotopic (exact) mass is 359 g/mol. The number of benzene rings is 2. The lowest BCUT2D eigenvalue weighted by Crippen LogP contribution is -1.99. The van der Waals surface area contributed by atoms with Crippen molar-refractivity contribution in [1.82, 2.24) is 4.98 Å². The Labute approximate surface area is 148 Å². The molecular weight excluding hydrogens is 346 g/mol. The minimum absolute atomic E-state index is 0.0727. The van der Waals surface area contributed by atoms with Crippen molar-refractivity contribution in [3.8, 4) is 17.0 Å². The highest BCUT2D eigenvalue weighted by atomic mass is 35.5. The van der Waals surface area contributed by atoms with E-state index >= 15 is 0 Å². The summed E-state index contributed by atoms with van der Waals surface area (Å²) in [5, 5.41) is 11.7. The summed E-state index contributed by atoms with van der Waals surface area (Å²) < 4.78 is 5.74. The number of hydrogen-bond donors (Lipinski definition) is 1. The summed E-state index contributed by atoms with van der Waals surface area (Å²) >= 11 is 7.62. The molecule has 2 aromatic carbocycles. The number of carboxylic acids is 1. The van der Waals surface area contributed by atoms with E-state index in [0.717, 1.165) is 11.1 Å². The minimum atomic E-state index is -0.890. The Kier molecular flexibility index (Phi) is 5.13. The second kappa shape index (κ2) is 7.47. The highest BCUT2D eigenvalue weighted by Gasteiger charge is 2.10. The summed E-state index contributed by atoms with van der Waals surface area (Å²) in [6.07, 6.45) is -0.0727. The van der Waals surface area contributed by atoms with Crippen LogP contribution in [0, 0.1) is 0 Å². The zero-order chi connectivity index (χ0) is 16.9. The summed E-state index contributed by atoms with van der Waals surface area (Å²) in [6.45, 7) is 0.444. The Bertz CT molecular complexity index is 848. The van der Waals surface area contributed by atoms with Crippen molar-refractivity contribution in [2.24, 2.45) is 0 Å². The van der Waals surface area contributed by atoms with E-state index in [-0.39, 0.29) is 6.42 Å². The van der Waals surface area contributed by atoms with Crippen molar-refractivity contribution in [2.45, 2.75) is 13.0 Å². The van der Waals surface area contributed by atoms with Crippen molar-refractivity contribution < 1.29 is 14.6 Å². The number of carbonyl (C=O) groups is 1. The van der Waals surface area contributed by atoms with Gasteiger partial charge in [0.1, 0.15) is 17.4 Å². The summed E-state index contributed by atoms with van der Waals surface area (Å²) in [5.74, 6) is -0.288. The maximum absolute atomic E-state index is 10.7. The average Bonchev–Trinajstić information content (AvgIpc) is 3.02. The van der Waals surface area contributed by atoms with Crippen molar-refractivity contribution in [3.05, 3.63) is 69.5 Å². The highest BCUT2D eigenvalue weighted by Crippen LogP contribution is 2.31. The second-order valence-electron chi connectivity index (χ2n) is 5.12. The van der Waals surface area contributed by atoms with Gasteiger partial charge in [0.05, 0.1) is 17.1 Å². The number of rotatable bonds is 6. The van der Waals surface area contributed by atoms with Crippen molar-refractivity contribution in [3.63, 3.8) is 0 Å². The van der Waals surface area contributed by atoms with Crippen molar-refractivity contribution >= 4 is 28.9 Å². The van der Waals surface area contributed by atoms with Gasteiger partial charge >= 0.3 is 5.97 Å². The molecule has 0 fully saturated rings. The predicted octanol–water partition coefficient (Wildman–Crippen LogP) is 4.67. The first-order valence-electron chi connectivity index (χ1n) is 7.24. The molecule has 0 saturated heterocycles. The van der Waals surface area contributed by atoms with Crippen LogP contribution in [0.15, 0.2) is 53.9 Å². The number of nitrogens with zero attached hydrogens (tertiary/aromatic N) is 1. The lowest BCUT2D eigenvalue weighted by atomic mass is 10.1. The maximum Gasteiger partial charge on any atom is 0.310 e. The van der Waals surface area contributed by atoms with Gasteiger partial charge in [-0.15, -0.1) is 11.3 Å². The normalized spacial score (nSPS) is 10.5. The molecule has 0 radical (unpaired) electrons. The van der Waals surface area contributed by atoms with Crippen LogP contribution in [0.1, 0.15) is 10.6 Å². The first kappa shape index (κ1) is 16.5. The molecule has 0 unspecified atom stereocenters. The Morgan fingerprint density at radius 2 is 2.00 bits per heavy atom. The molecule has 0 aliphatic carbocycles. The highest BCUT2D eigenvalue weighted by molar-refractivity contribution is 7.10. The van der Waals surface area contributed by atoms with Gasteiger partial charge in [-0.2, -0.15) is 0 Å². The van der Waals surface area contributed by atoms with Gasteiger partial charge in [-0.05, 0) is 23.8 Å². The van der Waals surface area contributed by atoms with Crippen LogP contribution in [0.3, 0.4) is 0 Å². The van der Waals surface area contributed by atoms with Gasteiger partial charge in [-0.3, -0.25) is 4.79 Å². The lowest BCUT2D eigenvalue weighted by molar-refractivity contribution is -0.136. The third-order valence-electron chi connectivity index (χ3n) is 3.32. The Balaban J connectivity index is 1.72. The first-order valence-corrected chi connectivity index (χ1v) is 8.50. The van der Waals surface area contributed by atoms with Gasteiger partial charge in [0.15, 0.2) is 0 Å². The van der Waals surface area contributed by atoms with E-state index in [9.17, 15) is 4.79 Å². The first-order chi connectivity index (χ1) is 11.6. The molecule has 0 aliphatic rings. The van der Waals surface area contributed by atoms with Crippen LogP contribution < -0.4 is 4.74 Å². The van der Waals surface area contributed by atoms with E-state index in [2.05, 4.69) is 4.98 Å². The molecule has 0 saturated carbocycles. The smallest absolute Gasteiger partial charge is 0.310 e. The van der Waals surface area contributed by atoms with Crippen LogP contribution in [0.4, 0.5) is 0 Å². The van der Waals surface area contributed by atoms with E-state index in [4.69, 9.17) is 21.4 Å². The van der Waals surface area contributed by atoms with E-state index in [1.165, 1.54) is 11.3 Å². The quantitative estimate of drug-likeness (QED) is 0.694. The van der Waals surface area contributed by atoms with Crippen LogP contribution >= 0.6 is 22.9 Å². The molecule has 1 aromatic heterocycles. The van der Waals surface area contributed by atoms with E-state index in [1.54, 1.807) is 12.1 Å². The summed E-state index contributed by atoms with van der Waals surface area (Å²) in [5.41, 5.74) is 2.61. The third-order valence-corrected chi connectivity index (χ3v) is 4.46. The average molecular weight is 360 g/mol. The lowest BCUT2D eigenvalue weighted by Gasteiger charge is -2.09. The fourth-order valence-electron chi connectivity index (χ4n) is 2.17. The Morgan fingerprint density at radius 3 is 2.71 bits per heavy atom. The molecule has 122 valence electrons. The van der Waals surface area contributed by atoms with Gasteiger partial charge in [-0.25, -0.2) is 4.98 Å². The summed E-state index contributed by atoms with van der Waals surface area (Å²) in [6, 6.07) is 15.3. The molecule has 24 heavy (non-hydrogen) atoms. The fraction of sp³-hybridized carbons (Fsp3) is 0.111. The number of aromatic nitrogens is 1. The summed E-state index contributed by atoms with van der Waals surface area (Å²) in [7, 11) is 0. The minimum Gasteiger partial charge on any atom is -0.487 e. The van der Waals surface area contributed by atoms with Gasteiger partial charge in [0, 0.05) is 10.9 Å². The van der Waals surface area contributed by atoms with E-state index in [0.29, 0.717) is 28.1 Å². The zero-order valence-electron chi connectivity index (χ0n) is 12.6. The molecule has 6 heteroatoms. The number of thiazole rings is 1. The van der Waals surface area contributed by atoms with Gasteiger partial charge in [0.2, 0.25) is 0 Å². The number of aliphatic carboxylic acids is 1. The molecule has 0 bridgehead atoms. The van der Waals surface area contributed by atoms with Crippen LogP contribution in [-0.2, 0) is 17.8 Å². The zero-order valence-corrected chi connectivity index (χ0v) is 14.2. The molecule has 4 nitrogen and oxygen atoms in total. The van der Waals surface area contributed by atoms with Crippen LogP contribution in [0.5, 0.6) is 5.75 Å². The van der Waals surface area contributed by atoms with Crippen LogP contribution in [0.25, 0.3) is 11.3 Å². The number of ether oxygens (including phenoxy) is 1. The predicted molar refractivity (Wildman–Crippen MR) is 94.7 cm³/mol. The molecule has 1 N–H and O–H groups in total. The topological polar surface area (TPSA) is 59.4 Å². The third kappa shape index (κ3) is 4.13. The number of carboxylic acid groups (broad SMARTS) is 1. The molecule has 3 aromatic rings. The van der Waals surface area contributed by atoms with Gasteiger partial charge < -0.3 is 9.84 Å². The molecule has 0 aliphatic heterocycles. The van der Waals surface area contributed by atoms with Gasteiger partial charge in [0.25, 0.3) is 0 Å². The molecule has 0 atom stereocenters. The van der Waals surface area contributed by atoms with E-state index < -0.39 is 5.97 Å². The number of halogens is 1. The maximum atomic E-state index is 10.7. The molecule has 0 amide bonds. The molecule has 1 heterocycles. The Hall–Kier alpha value is -2.37. The van der Waals surface area contributed by atoms with Gasteiger partial charge in [-0.1, -0.05) is 41.9 Å².